The number of nitrogens with zero attached hydrogens (tertiary/aromatic N) is 2. The van der Waals surface area contributed by atoms with Gasteiger partial charge in [0.1, 0.15) is 12.4 Å². The van der Waals surface area contributed by atoms with Crippen molar-refractivity contribution in [1.82, 2.24) is 9.80 Å². The summed E-state index contributed by atoms with van der Waals surface area (Å²) in [6.45, 7) is 4.46. The first-order chi connectivity index (χ1) is 10.0. The highest BCUT2D eigenvalue weighted by Crippen LogP contribution is 2.24. The standard InChI is InChI=1S/C14H19Cl2N3O2/c15-11-8-12(16)10-13(9-11)21-7-6-18-2-1-3-19(5-4-18)14(17)20/h8-10H,1-7H2,(H2,17,20). The Kier molecular flexibility index (Phi) is 5.96. The summed E-state index contributed by atoms with van der Waals surface area (Å²) in [5, 5.41) is 1.12. The molecule has 0 radical (unpaired) electrons. The van der Waals surface area contributed by atoms with Crippen LogP contribution in [0.5, 0.6) is 5.75 Å². The topological polar surface area (TPSA) is 58.8 Å². The van der Waals surface area contributed by atoms with Crippen molar-refractivity contribution in [2.24, 2.45) is 5.73 Å². The minimum absolute atomic E-state index is 0.346. The molecule has 0 aromatic heterocycles. The highest BCUT2D eigenvalue weighted by molar-refractivity contribution is 6.34. The van der Waals surface area contributed by atoms with Crippen molar-refractivity contribution in [3.8, 4) is 5.75 Å². The predicted octanol–water partition coefficient (Wildman–Crippen LogP) is 2.46. The number of rotatable bonds is 4. The molecule has 1 aliphatic rings. The van der Waals surface area contributed by atoms with Gasteiger partial charge in [-0.1, -0.05) is 23.2 Å². The van der Waals surface area contributed by atoms with Crippen LogP contribution in [0.4, 0.5) is 4.79 Å². The molecule has 1 saturated heterocycles. The van der Waals surface area contributed by atoms with Crippen molar-refractivity contribution in [2.75, 3.05) is 39.3 Å². The minimum atomic E-state index is -0.346. The van der Waals surface area contributed by atoms with Gasteiger partial charge in [0, 0.05) is 42.8 Å². The lowest BCUT2D eigenvalue weighted by Gasteiger charge is -2.20. The molecule has 0 aliphatic carbocycles. The van der Waals surface area contributed by atoms with Crippen LogP contribution in [-0.4, -0.2) is 55.2 Å². The lowest BCUT2D eigenvalue weighted by atomic mass is 10.3. The monoisotopic (exact) mass is 331 g/mol. The highest BCUT2D eigenvalue weighted by atomic mass is 35.5. The van der Waals surface area contributed by atoms with Crippen LogP contribution in [0.25, 0.3) is 0 Å². The fourth-order valence-corrected chi connectivity index (χ4v) is 2.83. The number of benzene rings is 1. The number of amides is 2. The van der Waals surface area contributed by atoms with Crippen molar-refractivity contribution in [3.05, 3.63) is 28.2 Å². The molecule has 2 amide bonds. The molecule has 1 aromatic rings. The summed E-state index contributed by atoms with van der Waals surface area (Å²) in [5.74, 6) is 0.668. The fraction of sp³-hybridized carbons (Fsp3) is 0.500. The zero-order chi connectivity index (χ0) is 15.2. The third-order valence-electron chi connectivity index (χ3n) is 3.41. The van der Waals surface area contributed by atoms with Gasteiger partial charge in [-0.3, -0.25) is 4.90 Å². The molecule has 0 saturated carbocycles. The first-order valence-corrected chi connectivity index (χ1v) is 7.66. The maximum Gasteiger partial charge on any atom is 0.314 e. The van der Waals surface area contributed by atoms with Crippen LogP contribution in [0.1, 0.15) is 6.42 Å². The molecule has 0 unspecified atom stereocenters. The molecular formula is C14H19Cl2N3O2. The number of carbonyl (C=O) groups is 1. The van der Waals surface area contributed by atoms with Crippen LogP contribution in [0.3, 0.4) is 0 Å². The molecule has 0 spiro atoms. The molecule has 0 atom stereocenters. The quantitative estimate of drug-likeness (QED) is 0.921. The third kappa shape index (κ3) is 5.26. The largest absolute Gasteiger partial charge is 0.492 e. The number of halogens is 2. The average Bonchev–Trinajstić information content (AvgIpc) is 2.63. The smallest absolute Gasteiger partial charge is 0.314 e. The van der Waals surface area contributed by atoms with E-state index in [1.807, 2.05) is 0 Å². The summed E-state index contributed by atoms with van der Waals surface area (Å²) >= 11 is 11.8. The number of hydrogen-bond donors (Lipinski definition) is 1. The predicted molar refractivity (Wildman–Crippen MR) is 84.2 cm³/mol. The van der Waals surface area contributed by atoms with Gasteiger partial charge in [-0.05, 0) is 24.6 Å². The Labute approximate surface area is 134 Å². The zero-order valence-corrected chi connectivity index (χ0v) is 13.2. The average molecular weight is 332 g/mol. The molecule has 1 heterocycles. The Hall–Kier alpha value is -1.17. The number of carbonyl (C=O) groups excluding carboxylic acids is 1. The van der Waals surface area contributed by atoms with Gasteiger partial charge in [0.25, 0.3) is 0 Å². The Bertz CT molecular complexity index is 479. The molecule has 5 nitrogen and oxygen atoms in total. The van der Waals surface area contributed by atoms with E-state index in [4.69, 9.17) is 33.7 Å². The van der Waals surface area contributed by atoms with Crippen LogP contribution < -0.4 is 10.5 Å². The van der Waals surface area contributed by atoms with E-state index in [-0.39, 0.29) is 6.03 Å². The van der Waals surface area contributed by atoms with E-state index >= 15 is 0 Å². The molecule has 1 aromatic carbocycles. The molecule has 1 fully saturated rings. The van der Waals surface area contributed by atoms with Crippen LogP contribution in [0.2, 0.25) is 10.0 Å². The number of hydrogen-bond acceptors (Lipinski definition) is 3. The Balaban J connectivity index is 1.77. The van der Waals surface area contributed by atoms with E-state index in [9.17, 15) is 4.79 Å². The molecular weight excluding hydrogens is 313 g/mol. The van der Waals surface area contributed by atoms with Gasteiger partial charge in [-0.15, -0.1) is 0 Å². The van der Waals surface area contributed by atoms with Gasteiger partial charge in [-0.2, -0.15) is 0 Å². The lowest BCUT2D eigenvalue weighted by Crippen LogP contribution is -2.39. The first kappa shape index (κ1) is 16.2. The lowest BCUT2D eigenvalue weighted by molar-refractivity contribution is 0.200. The van der Waals surface area contributed by atoms with Crippen molar-refractivity contribution >= 4 is 29.2 Å². The molecule has 2 rings (SSSR count). The van der Waals surface area contributed by atoms with E-state index in [2.05, 4.69) is 4.90 Å². The Morgan fingerprint density at radius 2 is 1.86 bits per heavy atom. The van der Waals surface area contributed by atoms with Gasteiger partial charge in [0.2, 0.25) is 0 Å². The van der Waals surface area contributed by atoms with Crippen LogP contribution in [-0.2, 0) is 0 Å². The SMILES string of the molecule is NC(=O)N1CCCN(CCOc2cc(Cl)cc(Cl)c2)CC1. The normalized spacial score (nSPS) is 16.6. The van der Waals surface area contributed by atoms with E-state index in [0.29, 0.717) is 28.9 Å². The van der Waals surface area contributed by atoms with Crippen molar-refractivity contribution in [2.45, 2.75) is 6.42 Å². The summed E-state index contributed by atoms with van der Waals surface area (Å²) in [7, 11) is 0. The molecule has 7 heteroatoms. The maximum absolute atomic E-state index is 11.2. The Morgan fingerprint density at radius 1 is 1.14 bits per heavy atom. The van der Waals surface area contributed by atoms with Crippen LogP contribution >= 0.6 is 23.2 Å². The van der Waals surface area contributed by atoms with Gasteiger partial charge in [0.05, 0.1) is 0 Å². The van der Waals surface area contributed by atoms with Crippen LogP contribution in [0.15, 0.2) is 18.2 Å². The first-order valence-electron chi connectivity index (χ1n) is 6.90. The van der Waals surface area contributed by atoms with E-state index in [1.165, 1.54) is 0 Å². The number of primary amides is 1. The maximum atomic E-state index is 11.2. The summed E-state index contributed by atoms with van der Waals surface area (Å²) in [6, 6.07) is 4.81. The van der Waals surface area contributed by atoms with Crippen molar-refractivity contribution < 1.29 is 9.53 Å². The zero-order valence-electron chi connectivity index (χ0n) is 11.7. The molecule has 21 heavy (non-hydrogen) atoms. The summed E-state index contributed by atoms with van der Waals surface area (Å²) in [5.41, 5.74) is 5.31. The van der Waals surface area contributed by atoms with E-state index in [0.717, 1.165) is 32.6 Å². The molecule has 2 N–H and O–H groups in total. The van der Waals surface area contributed by atoms with Gasteiger partial charge >= 0.3 is 6.03 Å². The van der Waals surface area contributed by atoms with E-state index < -0.39 is 0 Å². The molecule has 0 bridgehead atoms. The fourth-order valence-electron chi connectivity index (χ4n) is 2.32. The van der Waals surface area contributed by atoms with Crippen LogP contribution in [0, 0.1) is 0 Å². The second-order valence-corrected chi connectivity index (χ2v) is 5.85. The van der Waals surface area contributed by atoms with Gasteiger partial charge in [0.15, 0.2) is 0 Å². The second kappa shape index (κ2) is 7.73. The molecule has 116 valence electrons. The van der Waals surface area contributed by atoms with Gasteiger partial charge < -0.3 is 15.4 Å². The van der Waals surface area contributed by atoms with E-state index in [1.54, 1.807) is 23.1 Å². The number of urea groups is 1. The van der Waals surface area contributed by atoms with Crippen molar-refractivity contribution in [3.63, 3.8) is 0 Å². The van der Waals surface area contributed by atoms with Crippen molar-refractivity contribution in [1.29, 1.82) is 0 Å². The third-order valence-corrected chi connectivity index (χ3v) is 3.85. The highest BCUT2D eigenvalue weighted by Gasteiger charge is 2.16. The summed E-state index contributed by atoms with van der Waals surface area (Å²) < 4.78 is 5.67. The number of nitrogens with two attached hydrogens (primary N) is 1. The minimum Gasteiger partial charge on any atom is -0.492 e. The second-order valence-electron chi connectivity index (χ2n) is 4.97. The summed E-state index contributed by atoms with van der Waals surface area (Å²) in [4.78, 5) is 15.1. The summed E-state index contributed by atoms with van der Waals surface area (Å²) in [6.07, 6.45) is 0.923. The van der Waals surface area contributed by atoms with Gasteiger partial charge in [-0.25, -0.2) is 4.79 Å². The Morgan fingerprint density at radius 3 is 2.52 bits per heavy atom. The molecule has 1 aliphatic heterocycles. The number of ether oxygens (including phenoxy) is 1.